The first-order valence-electron chi connectivity index (χ1n) is 8.48. The minimum atomic E-state index is -1.57. The summed E-state index contributed by atoms with van der Waals surface area (Å²) in [6.45, 7) is 12.2. The molecule has 0 saturated heterocycles. The number of hydrogen-bond donors (Lipinski definition) is 0. The van der Waals surface area contributed by atoms with E-state index in [0.717, 1.165) is 0 Å². The van der Waals surface area contributed by atoms with Crippen LogP contribution in [-0.2, 0) is 0 Å². The summed E-state index contributed by atoms with van der Waals surface area (Å²) >= 11 is 0. The molecule has 4 aromatic carbocycles. The van der Waals surface area contributed by atoms with Gasteiger partial charge >= 0.3 is 0 Å². The van der Waals surface area contributed by atoms with Gasteiger partial charge in [-0.2, -0.15) is 0 Å². The number of hydrogen-bond acceptors (Lipinski definition) is 0. The van der Waals surface area contributed by atoms with Crippen molar-refractivity contribution in [1.29, 1.82) is 0 Å². The predicted octanol–water partition coefficient (Wildman–Crippen LogP) is 6.30. The molecule has 116 valence electrons. The molecule has 0 radical (unpaired) electrons. The van der Waals surface area contributed by atoms with Crippen molar-refractivity contribution in [3.63, 3.8) is 0 Å². The Morgan fingerprint density at radius 2 is 1.17 bits per heavy atom. The van der Waals surface area contributed by atoms with Crippen molar-refractivity contribution in [3.8, 4) is 0 Å². The van der Waals surface area contributed by atoms with Gasteiger partial charge in [0.25, 0.3) is 0 Å². The highest BCUT2D eigenvalue weighted by molar-refractivity contribution is 6.93. The lowest BCUT2D eigenvalue weighted by Crippen LogP contribution is -2.49. The van der Waals surface area contributed by atoms with E-state index in [0.29, 0.717) is 5.04 Å². The largest absolute Gasteiger partial charge is 0.0867 e. The average Bonchev–Trinajstić information content (AvgIpc) is 2.51. The summed E-state index contributed by atoms with van der Waals surface area (Å²) in [5.41, 5.74) is 0. The summed E-state index contributed by atoms with van der Waals surface area (Å²) in [7, 11) is -1.57. The standard InChI is InChI=1S/C22H24Si/c1-22(2,3)23(4,5)19-14-12-17-10-9-15-7-6-8-16-11-13-18(19)21(17)20(15)16/h6-14H,1-5H3. The minimum absolute atomic E-state index is 0.343. The third kappa shape index (κ3) is 1.96. The zero-order valence-electron chi connectivity index (χ0n) is 14.7. The van der Waals surface area contributed by atoms with E-state index in [1.807, 2.05) is 0 Å². The van der Waals surface area contributed by atoms with Gasteiger partial charge in [0.15, 0.2) is 0 Å². The summed E-state index contributed by atoms with van der Waals surface area (Å²) in [6.07, 6.45) is 0. The van der Waals surface area contributed by atoms with Gasteiger partial charge in [-0.3, -0.25) is 0 Å². The van der Waals surface area contributed by atoms with Gasteiger partial charge < -0.3 is 0 Å². The normalized spacial score (nSPS) is 13.4. The first-order chi connectivity index (χ1) is 10.8. The lowest BCUT2D eigenvalue weighted by molar-refractivity contribution is 0.730. The van der Waals surface area contributed by atoms with E-state index in [1.165, 1.54) is 32.3 Å². The Kier molecular flexibility index (Phi) is 2.93. The van der Waals surface area contributed by atoms with Crippen LogP contribution >= 0.6 is 0 Å². The Morgan fingerprint density at radius 1 is 0.652 bits per heavy atom. The lowest BCUT2D eigenvalue weighted by atomic mass is 9.94. The molecule has 0 saturated carbocycles. The fraction of sp³-hybridized carbons (Fsp3) is 0.273. The Balaban J connectivity index is 2.20. The van der Waals surface area contributed by atoms with Gasteiger partial charge in [0, 0.05) is 0 Å². The first kappa shape index (κ1) is 14.7. The molecule has 4 aromatic rings. The zero-order valence-corrected chi connectivity index (χ0v) is 15.7. The maximum absolute atomic E-state index is 2.51. The molecular formula is C22H24Si. The molecule has 0 atom stereocenters. The quantitative estimate of drug-likeness (QED) is 0.285. The highest BCUT2D eigenvalue weighted by atomic mass is 28.3. The second-order valence-corrected chi connectivity index (χ2v) is 13.6. The molecule has 4 rings (SSSR count). The molecule has 0 aliphatic heterocycles. The molecule has 0 bridgehead atoms. The van der Waals surface area contributed by atoms with E-state index < -0.39 is 8.07 Å². The van der Waals surface area contributed by atoms with Crippen LogP contribution < -0.4 is 5.19 Å². The van der Waals surface area contributed by atoms with Crippen LogP contribution in [0.4, 0.5) is 0 Å². The maximum Gasteiger partial charge on any atom is 0.0867 e. The Bertz CT molecular complexity index is 1000. The average molecular weight is 317 g/mol. The van der Waals surface area contributed by atoms with Crippen molar-refractivity contribution in [2.24, 2.45) is 0 Å². The van der Waals surface area contributed by atoms with E-state index in [2.05, 4.69) is 88.5 Å². The SMILES string of the molecule is CC(C)(C)[Si](C)(C)c1ccc2ccc3cccc4ccc1c2c34. The Morgan fingerprint density at radius 3 is 1.78 bits per heavy atom. The van der Waals surface area contributed by atoms with Gasteiger partial charge in [-0.1, -0.05) is 93.6 Å². The molecule has 0 aliphatic carbocycles. The Hall–Kier alpha value is -1.86. The maximum atomic E-state index is 2.51. The van der Waals surface area contributed by atoms with Gasteiger partial charge in [0.2, 0.25) is 0 Å². The number of benzene rings is 4. The monoisotopic (exact) mass is 316 g/mol. The molecule has 0 spiro atoms. The fourth-order valence-electron chi connectivity index (χ4n) is 3.68. The third-order valence-corrected chi connectivity index (χ3v) is 11.6. The van der Waals surface area contributed by atoms with E-state index in [1.54, 1.807) is 5.19 Å². The smallest absolute Gasteiger partial charge is 0.0650 e. The molecule has 0 fully saturated rings. The molecule has 0 aliphatic rings. The third-order valence-electron chi connectivity index (χ3n) is 6.08. The Labute approximate surface area is 139 Å². The van der Waals surface area contributed by atoms with Crippen LogP contribution in [0.2, 0.25) is 18.1 Å². The van der Waals surface area contributed by atoms with Gasteiger partial charge in [-0.15, -0.1) is 0 Å². The van der Waals surface area contributed by atoms with Gasteiger partial charge in [0.05, 0.1) is 8.07 Å². The molecule has 1 heteroatoms. The van der Waals surface area contributed by atoms with E-state index in [4.69, 9.17) is 0 Å². The molecule has 0 N–H and O–H groups in total. The van der Waals surface area contributed by atoms with Crippen LogP contribution in [0.3, 0.4) is 0 Å². The van der Waals surface area contributed by atoms with Crippen LogP contribution in [0, 0.1) is 0 Å². The fourth-order valence-corrected chi connectivity index (χ4v) is 5.87. The van der Waals surface area contributed by atoms with E-state index in [-0.39, 0.29) is 0 Å². The second-order valence-electron chi connectivity index (χ2n) is 8.34. The molecule has 0 unspecified atom stereocenters. The van der Waals surface area contributed by atoms with Crippen LogP contribution in [0.15, 0.2) is 54.6 Å². The van der Waals surface area contributed by atoms with Crippen molar-refractivity contribution in [3.05, 3.63) is 54.6 Å². The highest BCUT2D eigenvalue weighted by Gasteiger charge is 2.38. The molecule has 0 nitrogen and oxygen atoms in total. The van der Waals surface area contributed by atoms with Gasteiger partial charge in [-0.05, 0) is 37.4 Å². The first-order valence-corrected chi connectivity index (χ1v) is 11.5. The van der Waals surface area contributed by atoms with Crippen molar-refractivity contribution in [1.82, 2.24) is 0 Å². The molecular weight excluding hydrogens is 292 g/mol. The van der Waals surface area contributed by atoms with Crippen molar-refractivity contribution < 1.29 is 0 Å². The van der Waals surface area contributed by atoms with Gasteiger partial charge in [-0.25, -0.2) is 0 Å². The summed E-state index contributed by atoms with van der Waals surface area (Å²) in [5, 5.41) is 10.4. The predicted molar refractivity (Wildman–Crippen MR) is 107 cm³/mol. The number of rotatable bonds is 1. The molecule has 23 heavy (non-hydrogen) atoms. The van der Waals surface area contributed by atoms with Crippen molar-refractivity contribution >= 4 is 45.6 Å². The lowest BCUT2D eigenvalue weighted by Gasteiger charge is -2.38. The van der Waals surface area contributed by atoms with E-state index in [9.17, 15) is 0 Å². The topological polar surface area (TPSA) is 0 Å². The molecule has 0 aromatic heterocycles. The van der Waals surface area contributed by atoms with Gasteiger partial charge in [0.1, 0.15) is 0 Å². The second kappa shape index (κ2) is 4.58. The zero-order chi connectivity index (χ0) is 16.4. The van der Waals surface area contributed by atoms with Crippen LogP contribution in [0.25, 0.3) is 32.3 Å². The molecule has 0 heterocycles. The minimum Gasteiger partial charge on any atom is -0.0650 e. The van der Waals surface area contributed by atoms with Crippen molar-refractivity contribution in [2.75, 3.05) is 0 Å². The summed E-state index contributed by atoms with van der Waals surface area (Å²) in [5.74, 6) is 0. The van der Waals surface area contributed by atoms with E-state index >= 15 is 0 Å². The summed E-state index contributed by atoms with van der Waals surface area (Å²) < 4.78 is 0. The summed E-state index contributed by atoms with van der Waals surface area (Å²) in [6, 6.07) is 20.6. The van der Waals surface area contributed by atoms with Crippen LogP contribution in [0.1, 0.15) is 20.8 Å². The highest BCUT2D eigenvalue weighted by Crippen LogP contribution is 2.39. The summed E-state index contributed by atoms with van der Waals surface area (Å²) in [4.78, 5) is 0. The van der Waals surface area contributed by atoms with Crippen molar-refractivity contribution in [2.45, 2.75) is 38.9 Å². The molecule has 0 amide bonds. The van der Waals surface area contributed by atoms with Crippen LogP contribution in [0.5, 0.6) is 0 Å². The van der Waals surface area contributed by atoms with Crippen LogP contribution in [-0.4, -0.2) is 8.07 Å².